The molecule has 0 unspecified atom stereocenters. The highest BCUT2D eigenvalue weighted by atomic mass is 16.6. The first kappa shape index (κ1) is 14.3. The smallest absolute Gasteiger partial charge is 0.410 e. The van der Waals surface area contributed by atoms with E-state index in [1.807, 2.05) is 27.7 Å². The van der Waals surface area contributed by atoms with Crippen molar-refractivity contribution in [1.82, 2.24) is 10.4 Å². The Morgan fingerprint density at radius 1 is 1.35 bits per heavy atom. The average molecular weight is 244 g/mol. The molecule has 1 aliphatic heterocycles. The number of ether oxygens (including phenoxy) is 1. The van der Waals surface area contributed by atoms with Gasteiger partial charge in [-0.05, 0) is 40.5 Å². The lowest BCUT2D eigenvalue weighted by Crippen LogP contribution is -2.46. The van der Waals surface area contributed by atoms with Crippen LogP contribution in [-0.2, 0) is 9.57 Å². The van der Waals surface area contributed by atoms with Crippen molar-refractivity contribution in [1.29, 1.82) is 0 Å². The van der Waals surface area contributed by atoms with Crippen LogP contribution in [0.5, 0.6) is 0 Å². The molecule has 1 amide bonds. The van der Waals surface area contributed by atoms with Crippen LogP contribution in [0.4, 0.5) is 4.79 Å². The van der Waals surface area contributed by atoms with Crippen molar-refractivity contribution in [2.75, 3.05) is 19.7 Å². The number of hydroxylamine groups is 1. The first-order valence-electron chi connectivity index (χ1n) is 6.27. The van der Waals surface area contributed by atoms with Crippen LogP contribution in [0.15, 0.2) is 0 Å². The molecule has 0 aromatic carbocycles. The summed E-state index contributed by atoms with van der Waals surface area (Å²) in [5, 5.41) is 0. The van der Waals surface area contributed by atoms with Gasteiger partial charge in [0, 0.05) is 19.1 Å². The Morgan fingerprint density at radius 3 is 2.41 bits per heavy atom. The molecule has 100 valence electrons. The molecule has 1 saturated heterocycles. The molecular weight excluding hydrogens is 220 g/mol. The van der Waals surface area contributed by atoms with E-state index in [4.69, 9.17) is 9.57 Å². The molecule has 1 N–H and O–H groups in total. The fraction of sp³-hybridized carbons (Fsp3) is 0.917. The number of likely N-dealkylation sites (tertiary alicyclic amines) is 1. The molecule has 1 heterocycles. The first-order chi connectivity index (χ1) is 7.92. The predicted octanol–water partition coefficient (Wildman–Crippen LogP) is 1.93. The summed E-state index contributed by atoms with van der Waals surface area (Å²) < 4.78 is 5.33. The van der Waals surface area contributed by atoms with Crippen molar-refractivity contribution >= 4 is 6.09 Å². The lowest BCUT2D eigenvalue weighted by molar-refractivity contribution is -0.00580. The Balaban J connectivity index is 2.29. The van der Waals surface area contributed by atoms with Crippen LogP contribution in [-0.4, -0.2) is 42.3 Å². The number of hydrogen-bond donors (Lipinski definition) is 1. The predicted molar refractivity (Wildman–Crippen MR) is 65.6 cm³/mol. The van der Waals surface area contributed by atoms with Crippen LogP contribution in [0.3, 0.4) is 0 Å². The third-order valence-electron chi connectivity index (χ3n) is 2.54. The largest absolute Gasteiger partial charge is 0.444 e. The Bertz CT molecular complexity index is 243. The quantitative estimate of drug-likeness (QED) is 0.771. The molecule has 1 fully saturated rings. The van der Waals surface area contributed by atoms with Crippen LogP contribution >= 0.6 is 0 Å². The summed E-state index contributed by atoms with van der Waals surface area (Å²) in [4.78, 5) is 18.7. The number of piperidine rings is 1. The zero-order valence-electron chi connectivity index (χ0n) is 11.3. The summed E-state index contributed by atoms with van der Waals surface area (Å²) in [6.45, 7) is 9.70. The number of hydrogen-bond acceptors (Lipinski definition) is 4. The van der Waals surface area contributed by atoms with E-state index >= 15 is 0 Å². The fourth-order valence-electron chi connectivity index (χ4n) is 1.71. The summed E-state index contributed by atoms with van der Waals surface area (Å²) in [6.07, 6.45) is 1.59. The molecule has 1 rings (SSSR count). The van der Waals surface area contributed by atoms with Gasteiger partial charge in [0.2, 0.25) is 0 Å². The molecule has 0 aliphatic carbocycles. The van der Waals surface area contributed by atoms with Gasteiger partial charge >= 0.3 is 6.09 Å². The summed E-state index contributed by atoms with van der Waals surface area (Å²) >= 11 is 0. The van der Waals surface area contributed by atoms with Crippen molar-refractivity contribution in [2.24, 2.45) is 0 Å². The van der Waals surface area contributed by atoms with E-state index in [0.717, 1.165) is 25.9 Å². The topological polar surface area (TPSA) is 50.8 Å². The van der Waals surface area contributed by atoms with Crippen molar-refractivity contribution in [2.45, 2.75) is 52.2 Å². The minimum Gasteiger partial charge on any atom is -0.444 e. The highest BCUT2D eigenvalue weighted by Gasteiger charge is 2.26. The van der Waals surface area contributed by atoms with Gasteiger partial charge in [-0.15, -0.1) is 0 Å². The van der Waals surface area contributed by atoms with E-state index in [1.165, 1.54) is 0 Å². The molecule has 0 radical (unpaired) electrons. The second-order valence-corrected chi connectivity index (χ2v) is 5.29. The average Bonchev–Trinajstić information content (AvgIpc) is 2.24. The van der Waals surface area contributed by atoms with Gasteiger partial charge in [-0.2, -0.15) is 5.48 Å². The molecule has 0 spiro atoms. The van der Waals surface area contributed by atoms with Gasteiger partial charge in [-0.25, -0.2) is 4.79 Å². The fourth-order valence-corrected chi connectivity index (χ4v) is 1.71. The van der Waals surface area contributed by atoms with Crippen molar-refractivity contribution in [3.8, 4) is 0 Å². The highest BCUT2D eigenvalue weighted by Crippen LogP contribution is 2.15. The third kappa shape index (κ3) is 5.37. The Morgan fingerprint density at radius 2 is 1.94 bits per heavy atom. The van der Waals surface area contributed by atoms with Crippen molar-refractivity contribution in [3.05, 3.63) is 0 Å². The molecule has 0 aromatic heterocycles. The summed E-state index contributed by atoms with van der Waals surface area (Å²) in [7, 11) is 0. The number of carbonyl (C=O) groups is 1. The van der Waals surface area contributed by atoms with E-state index < -0.39 is 5.60 Å². The molecular formula is C12H24N2O3. The molecule has 5 heteroatoms. The van der Waals surface area contributed by atoms with Gasteiger partial charge in [0.1, 0.15) is 5.60 Å². The Labute approximate surface area is 103 Å². The van der Waals surface area contributed by atoms with Gasteiger partial charge in [-0.3, -0.25) is 0 Å². The zero-order valence-corrected chi connectivity index (χ0v) is 11.3. The van der Waals surface area contributed by atoms with Gasteiger partial charge in [-0.1, -0.05) is 0 Å². The summed E-state index contributed by atoms with van der Waals surface area (Å²) in [6, 6.07) is 0.341. The number of carbonyl (C=O) groups excluding carboxylic acids is 1. The van der Waals surface area contributed by atoms with Crippen molar-refractivity contribution in [3.63, 3.8) is 0 Å². The number of amides is 1. The molecule has 0 bridgehead atoms. The van der Waals surface area contributed by atoms with Crippen LogP contribution in [0, 0.1) is 0 Å². The third-order valence-corrected chi connectivity index (χ3v) is 2.54. The molecule has 0 saturated carbocycles. The highest BCUT2D eigenvalue weighted by molar-refractivity contribution is 5.68. The van der Waals surface area contributed by atoms with Gasteiger partial charge in [0.15, 0.2) is 0 Å². The van der Waals surface area contributed by atoms with Crippen LogP contribution in [0.2, 0.25) is 0 Å². The minimum atomic E-state index is -0.419. The summed E-state index contributed by atoms with van der Waals surface area (Å²) in [5.41, 5.74) is 2.58. The van der Waals surface area contributed by atoms with E-state index in [0.29, 0.717) is 12.6 Å². The standard InChI is InChI=1S/C12H24N2O3/c1-5-16-13-10-6-8-14(9-7-10)11(15)17-12(2,3)4/h10,13H,5-9H2,1-4H3. The Kier molecular flexibility index (Phi) is 5.21. The maximum absolute atomic E-state index is 11.8. The number of nitrogens with one attached hydrogen (secondary N) is 1. The second kappa shape index (κ2) is 6.21. The minimum absolute atomic E-state index is 0.215. The van der Waals surface area contributed by atoms with Crippen molar-refractivity contribution < 1.29 is 14.4 Å². The zero-order chi connectivity index (χ0) is 12.9. The molecule has 0 aromatic rings. The molecule has 0 atom stereocenters. The van der Waals surface area contributed by atoms with E-state index in [2.05, 4.69) is 5.48 Å². The maximum atomic E-state index is 11.8. The molecule has 5 nitrogen and oxygen atoms in total. The van der Waals surface area contributed by atoms with Gasteiger partial charge < -0.3 is 14.5 Å². The molecule has 17 heavy (non-hydrogen) atoms. The maximum Gasteiger partial charge on any atom is 0.410 e. The lowest BCUT2D eigenvalue weighted by atomic mass is 10.1. The van der Waals surface area contributed by atoms with E-state index in [1.54, 1.807) is 4.90 Å². The van der Waals surface area contributed by atoms with Crippen LogP contribution in [0.1, 0.15) is 40.5 Å². The van der Waals surface area contributed by atoms with Crippen LogP contribution < -0.4 is 5.48 Å². The second-order valence-electron chi connectivity index (χ2n) is 5.29. The van der Waals surface area contributed by atoms with E-state index in [-0.39, 0.29) is 6.09 Å². The Hall–Kier alpha value is -0.810. The normalized spacial score (nSPS) is 18.2. The lowest BCUT2D eigenvalue weighted by Gasteiger charge is -2.33. The molecule has 1 aliphatic rings. The summed E-state index contributed by atoms with van der Waals surface area (Å²) in [5.74, 6) is 0. The van der Waals surface area contributed by atoms with Gasteiger partial charge in [0.05, 0.1) is 6.61 Å². The SMILES string of the molecule is CCONC1CCN(C(=O)OC(C)(C)C)CC1. The first-order valence-corrected chi connectivity index (χ1v) is 6.27. The van der Waals surface area contributed by atoms with Crippen LogP contribution in [0.25, 0.3) is 0 Å². The van der Waals surface area contributed by atoms with E-state index in [9.17, 15) is 4.79 Å². The van der Waals surface area contributed by atoms with Gasteiger partial charge in [0.25, 0.3) is 0 Å². The number of nitrogens with zero attached hydrogens (tertiary/aromatic N) is 1. The monoisotopic (exact) mass is 244 g/mol. The number of rotatable bonds is 3.